The van der Waals surface area contributed by atoms with Gasteiger partial charge in [-0.25, -0.2) is 0 Å². The van der Waals surface area contributed by atoms with Crippen molar-refractivity contribution in [1.29, 1.82) is 0 Å². The Morgan fingerprint density at radius 2 is 1.03 bits per heavy atom. The second-order valence-electron chi connectivity index (χ2n) is 8.77. The molecule has 168 valence electrons. The number of phenolic OH excluding ortho intramolecular Hbond substituents is 2. The Morgan fingerprint density at radius 1 is 0.600 bits per heavy atom. The van der Waals surface area contributed by atoms with E-state index in [2.05, 4.69) is 20.8 Å². The third kappa shape index (κ3) is 12.6. The van der Waals surface area contributed by atoms with Gasteiger partial charge in [0.05, 0.1) is 0 Å². The normalized spacial score (nSPS) is 10.7. The highest BCUT2D eigenvalue weighted by molar-refractivity contribution is 5.32. The van der Waals surface area contributed by atoms with Gasteiger partial charge >= 0.3 is 0 Å². The summed E-state index contributed by atoms with van der Waals surface area (Å²) in [4.78, 5) is 0. The molecule has 0 amide bonds. The minimum absolute atomic E-state index is 0.446. The van der Waals surface area contributed by atoms with E-state index in [0.717, 1.165) is 29.9 Å². The first-order valence-electron chi connectivity index (χ1n) is 12.1. The van der Waals surface area contributed by atoms with Crippen molar-refractivity contribution in [1.82, 2.24) is 0 Å². The lowest BCUT2D eigenvalue weighted by Crippen LogP contribution is -1.89. The number of aromatic hydroxyl groups is 2. The van der Waals surface area contributed by atoms with Gasteiger partial charge in [0, 0.05) is 0 Å². The van der Waals surface area contributed by atoms with Crippen molar-refractivity contribution in [3.05, 3.63) is 59.7 Å². The van der Waals surface area contributed by atoms with E-state index in [0.29, 0.717) is 11.5 Å². The molecule has 0 fully saturated rings. The third-order valence-corrected chi connectivity index (χ3v) is 5.51. The quantitative estimate of drug-likeness (QED) is 0.324. The van der Waals surface area contributed by atoms with Crippen LogP contribution in [0.1, 0.15) is 96.1 Å². The van der Waals surface area contributed by atoms with Gasteiger partial charge in [0.15, 0.2) is 0 Å². The minimum Gasteiger partial charge on any atom is -0.508 e. The minimum atomic E-state index is 0.446. The standard InChI is InChI=1S/2C14H22O/c1-12(2)8-4-3-5-9-13-10-6-7-11-14(13)15;1-2-3-4-5-6-7-10-13-11-8-9-12-14(13)15/h6-7,10-12,15H,3-5,8-9H2,1-2H3;8-9,11-12,15H,2-7,10H2,1H3. The van der Waals surface area contributed by atoms with Crippen LogP contribution in [0.15, 0.2) is 48.5 Å². The maximum atomic E-state index is 9.56. The van der Waals surface area contributed by atoms with Crippen molar-refractivity contribution >= 4 is 0 Å². The Hall–Kier alpha value is -1.96. The Kier molecular flexibility index (Phi) is 14.6. The van der Waals surface area contributed by atoms with Gasteiger partial charge < -0.3 is 10.2 Å². The lowest BCUT2D eigenvalue weighted by Gasteiger charge is -2.05. The number of unbranched alkanes of at least 4 members (excludes halogenated alkanes) is 7. The molecule has 0 saturated heterocycles. The second-order valence-corrected chi connectivity index (χ2v) is 8.77. The van der Waals surface area contributed by atoms with Crippen LogP contribution >= 0.6 is 0 Å². The lowest BCUT2D eigenvalue weighted by atomic mass is 10.0. The zero-order chi connectivity index (χ0) is 22.0. The fourth-order valence-corrected chi connectivity index (χ4v) is 3.59. The first kappa shape index (κ1) is 26.1. The summed E-state index contributed by atoms with van der Waals surface area (Å²) in [6, 6.07) is 15.3. The Balaban J connectivity index is 0.000000300. The third-order valence-electron chi connectivity index (χ3n) is 5.51. The summed E-state index contributed by atoms with van der Waals surface area (Å²) in [5.74, 6) is 1.71. The van der Waals surface area contributed by atoms with Gasteiger partial charge in [0.1, 0.15) is 11.5 Å². The van der Waals surface area contributed by atoms with Gasteiger partial charge in [0.2, 0.25) is 0 Å². The topological polar surface area (TPSA) is 40.5 Å². The molecule has 2 aromatic carbocycles. The van der Waals surface area contributed by atoms with Crippen LogP contribution in [0.5, 0.6) is 11.5 Å². The number of benzene rings is 2. The number of rotatable bonds is 13. The van der Waals surface area contributed by atoms with E-state index >= 15 is 0 Å². The molecule has 0 aliphatic rings. The van der Waals surface area contributed by atoms with E-state index in [9.17, 15) is 10.2 Å². The van der Waals surface area contributed by atoms with E-state index in [-0.39, 0.29) is 0 Å². The van der Waals surface area contributed by atoms with Crippen molar-refractivity contribution < 1.29 is 10.2 Å². The van der Waals surface area contributed by atoms with Crippen LogP contribution in [-0.2, 0) is 12.8 Å². The molecule has 2 nitrogen and oxygen atoms in total. The largest absolute Gasteiger partial charge is 0.508 e. The van der Waals surface area contributed by atoms with Crippen molar-refractivity contribution in [2.75, 3.05) is 0 Å². The molecule has 0 atom stereocenters. The second kappa shape index (κ2) is 16.8. The van der Waals surface area contributed by atoms with Crippen molar-refractivity contribution in [2.45, 2.75) is 97.8 Å². The fraction of sp³-hybridized carbons (Fsp3) is 0.571. The molecule has 0 unspecified atom stereocenters. The molecule has 2 rings (SSSR count). The average Bonchev–Trinajstić information content (AvgIpc) is 2.73. The van der Waals surface area contributed by atoms with E-state index in [1.165, 1.54) is 64.2 Å². The van der Waals surface area contributed by atoms with E-state index in [1.54, 1.807) is 12.1 Å². The van der Waals surface area contributed by atoms with Crippen LogP contribution in [0.3, 0.4) is 0 Å². The van der Waals surface area contributed by atoms with Crippen molar-refractivity contribution in [3.63, 3.8) is 0 Å². The van der Waals surface area contributed by atoms with Gasteiger partial charge in [-0.3, -0.25) is 0 Å². The molecule has 30 heavy (non-hydrogen) atoms. The summed E-state index contributed by atoms with van der Waals surface area (Å²) in [6.07, 6.45) is 14.9. The summed E-state index contributed by atoms with van der Waals surface area (Å²) < 4.78 is 0. The molecule has 2 heteroatoms. The molecule has 0 aliphatic heterocycles. The predicted molar refractivity (Wildman–Crippen MR) is 130 cm³/mol. The molecule has 2 aromatic rings. The molecule has 0 heterocycles. The van der Waals surface area contributed by atoms with E-state index in [1.807, 2.05) is 36.4 Å². The molecule has 0 aromatic heterocycles. The monoisotopic (exact) mass is 412 g/mol. The van der Waals surface area contributed by atoms with Crippen LogP contribution in [0.4, 0.5) is 0 Å². The molecule has 0 spiro atoms. The molecule has 0 aliphatic carbocycles. The number of hydrogen-bond acceptors (Lipinski definition) is 2. The van der Waals surface area contributed by atoms with Crippen LogP contribution in [0.2, 0.25) is 0 Å². The van der Waals surface area contributed by atoms with Gasteiger partial charge in [-0.05, 0) is 54.9 Å². The van der Waals surface area contributed by atoms with Gasteiger partial charge in [-0.15, -0.1) is 0 Å². The number of para-hydroxylation sites is 2. The highest BCUT2D eigenvalue weighted by atomic mass is 16.3. The Bertz CT molecular complexity index is 663. The van der Waals surface area contributed by atoms with Gasteiger partial charge in [-0.2, -0.15) is 0 Å². The fourth-order valence-electron chi connectivity index (χ4n) is 3.59. The SMILES string of the molecule is CC(C)CCCCCc1ccccc1O.CCCCCCCCc1ccccc1O. The summed E-state index contributed by atoms with van der Waals surface area (Å²) in [7, 11) is 0. The first-order valence-corrected chi connectivity index (χ1v) is 12.1. The zero-order valence-corrected chi connectivity index (χ0v) is 19.6. The molecule has 0 bridgehead atoms. The van der Waals surface area contributed by atoms with Gasteiger partial charge in [-0.1, -0.05) is 109 Å². The lowest BCUT2D eigenvalue weighted by molar-refractivity contribution is 0.464. The van der Waals surface area contributed by atoms with Crippen LogP contribution in [0, 0.1) is 5.92 Å². The molecular formula is C28H44O2. The summed E-state index contributed by atoms with van der Waals surface area (Å²) >= 11 is 0. The number of aryl methyl sites for hydroxylation is 2. The Morgan fingerprint density at radius 3 is 1.50 bits per heavy atom. The molecular weight excluding hydrogens is 368 g/mol. The molecule has 2 N–H and O–H groups in total. The number of phenols is 2. The van der Waals surface area contributed by atoms with Crippen LogP contribution in [0.25, 0.3) is 0 Å². The molecule has 0 radical (unpaired) electrons. The maximum Gasteiger partial charge on any atom is 0.118 e. The summed E-state index contributed by atoms with van der Waals surface area (Å²) in [5, 5.41) is 19.1. The highest BCUT2D eigenvalue weighted by Gasteiger charge is 2.00. The highest BCUT2D eigenvalue weighted by Crippen LogP contribution is 2.20. The van der Waals surface area contributed by atoms with E-state index in [4.69, 9.17) is 0 Å². The predicted octanol–water partition coefficient (Wildman–Crippen LogP) is 8.45. The summed E-state index contributed by atoms with van der Waals surface area (Å²) in [5.41, 5.74) is 2.18. The zero-order valence-electron chi connectivity index (χ0n) is 19.6. The van der Waals surface area contributed by atoms with Crippen LogP contribution < -0.4 is 0 Å². The smallest absolute Gasteiger partial charge is 0.118 e. The maximum absolute atomic E-state index is 9.56. The molecule has 0 saturated carbocycles. The first-order chi connectivity index (χ1) is 14.5. The van der Waals surface area contributed by atoms with Crippen LogP contribution in [-0.4, -0.2) is 10.2 Å². The average molecular weight is 413 g/mol. The Labute approximate surface area is 185 Å². The van der Waals surface area contributed by atoms with Gasteiger partial charge in [0.25, 0.3) is 0 Å². The van der Waals surface area contributed by atoms with Crippen molar-refractivity contribution in [2.24, 2.45) is 5.92 Å². The number of hydrogen-bond donors (Lipinski definition) is 2. The van der Waals surface area contributed by atoms with Crippen molar-refractivity contribution in [3.8, 4) is 11.5 Å². The van der Waals surface area contributed by atoms with E-state index < -0.39 is 0 Å². The summed E-state index contributed by atoms with van der Waals surface area (Å²) in [6.45, 7) is 6.77.